The Kier molecular flexibility index (Phi) is 3.23. The average molecular weight is 213 g/mol. The highest BCUT2D eigenvalue weighted by Gasteiger charge is 2.00. The first-order chi connectivity index (χ1) is 7.90. The van der Waals surface area contributed by atoms with Crippen molar-refractivity contribution in [2.45, 2.75) is 6.54 Å². The Labute approximate surface area is 93.4 Å². The Morgan fingerprint density at radius 1 is 1.19 bits per heavy atom. The molecule has 0 aliphatic rings. The lowest BCUT2D eigenvalue weighted by molar-refractivity contribution is 0.112. The Bertz CT molecular complexity index is 471. The van der Waals surface area contributed by atoms with Crippen LogP contribution in [0.5, 0.6) is 0 Å². The SMILES string of the molecule is O=Cc1cccnc1NCc1ccncc1. The highest BCUT2D eigenvalue weighted by molar-refractivity contribution is 5.82. The molecule has 0 fully saturated rings. The molecular weight excluding hydrogens is 202 g/mol. The van der Waals surface area contributed by atoms with Crippen LogP contribution >= 0.6 is 0 Å². The van der Waals surface area contributed by atoms with Crippen LogP contribution in [0.4, 0.5) is 5.82 Å². The minimum atomic E-state index is 0.566. The first-order valence-electron chi connectivity index (χ1n) is 4.93. The number of rotatable bonds is 4. The van der Waals surface area contributed by atoms with Gasteiger partial charge in [0, 0.05) is 25.1 Å². The Morgan fingerprint density at radius 2 is 2.00 bits per heavy atom. The summed E-state index contributed by atoms with van der Waals surface area (Å²) in [5, 5.41) is 3.11. The van der Waals surface area contributed by atoms with Gasteiger partial charge in [-0.15, -0.1) is 0 Å². The fraction of sp³-hybridized carbons (Fsp3) is 0.0833. The molecule has 0 unspecified atom stereocenters. The maximum Gasteiger partial charge on any atom is 0.153 e. The van der Waals surface area contributed by atoms with Gasteiger partial charge in [-0.1, -0.05) is 0 Å². The van der Waals surface area contributed by atoms with E-state index in [1.807, 2.05) is 12.1 Å². The number of aldehydes is 1. The van der Waals surface area contributed by atoms with Crippen LogP contribution in [-0.2, 0) is 6.54 Å². The maximum atomic E-state index is 10.7. The third kappa shape index (κ3) is 2.42. The number of pyridine rings is 2. The summed E-state index contributed by atoms with van der Waals surface area (Å²) in [6.45, 7) is 0.625. The number of nitrogens with zero attached hydrogens (tertiary/aromatic N) is 2. The van der Waals surface area contributed by atoms with Gasteiger partial charge in [0.15, 0.2) is 6.29 Å². The molecule has 0 bridgehead atoms. The summed E-state index contributed by atoms with van der Waals surface area (Å²) >= 11 is 0. The minimum absolute atomic E-state index is 0.566. The lowest BCUT2D eigenvalue weighted by Gasteiger charge is -2.06. The van der Waals surface area contributed by atoms with Gasteiger partial charge >= 0.3 is 0 Å². The predicted octanol–water partition coefficient (Wildman–Crippen LogP) is 1.90. The topological polar surface area (TPSA) is 54.9 Å². The summed E-state index contributed by atoms with van der Waals surface area (Å²) in [4.78, 5) is 18.8. The van der Waals surface area contributed by atoms with E-state index in [-0.39, 0.29) is 0 Å². The zero-order chi connectivity index (χ0) is 11.2. The lowest BCUT2D eigenvalue weighted by Crippen LogP contribution is -2.03. The molecule has 0 aliphatic heterocycles. The molecule has 16 heavy (non-hydrogen) atoms. The molecule has 0 radical (unpaired) electrons. The van der Waals surface area contributed by atoms with Crippen molar-refractivity contribution in [3.63, 3.8) is 0 Å². The quantitative estimate of drug-likeness (QED) is 0.788. The molecule has 2 aromatic rings. The molecular formula is C12H11N3O. The molecule has 0 aromatic carbocycles. The van der Waals surface area contributed by atoms with Crippen molar-refractivity contribution in [3.05, 3.63) is 54.0 Å². The predicted molar refractivity (Wildman–Crippen MR) is 61.2 cm³/mol. The zero-order valence-corrected chi connectivity index (χ0v) is 8.63. The highest BCUT2D eigenvalue weighted by Crippen LogP contribution is 2.10. The Hall–Kier alpha value is -2.23. The van der Waals surface area contributed by atoms with Crippen molar-refractivity contribution in [1.29, 1.82) is 0 Å². The van der Waals surface area contributed by atoms with E-state index in [0.717, 1.165) is 11.8 Å². The van der Waals surface area contributed by atoms with Crippen LogP contribution in [0.2, 0.25) is 0 Å². The van der Waals surface area contributed by atoms with E-state index in [2.05, 4.69) is 15.3 Å². The Morgan fingerprint density at radius 3 is 2.75 bits per heavy atom. The van der Waals surface area contributed by atoms with E-state index in [4.69, 9.17) is 0 Å². The van der Waals surface area contributed by atoms with Crippen molar-refractivity contribution in [1.82, 2.24) is 9.97 Å². The van der Waals surface area contributed by atoms with Gasteiger partial charge in [0.1, 0.15) is 5.82 Å². The molecule has 1 N–H and O–H groups in total. The number of hydrogen-bond donors (Lipinski definition) is 1. The van der Waals surface area contributed by atoms with Gasteiger partial charge in [-0.25, -0.2) is 4.98 Å². The highest BCUT2D eigenvalue weighted by atomic mass is 16.1. The molecule has 0 atom stereocenters. The second-order valence-corrected chi connectivity index (χ2v) is 3.27. The van der Waals surface area contributed by atoms with Crippen LogP contribution in [0.3, 0.4) is 0 Å². The number of anilines is 1. The molecule has 2 rings (SSSR count). The van der Waals surface area contributed by atoms with Crippen LogP contribution in [0.25, 0.3) is 0 Å². The molecule has 0 saturated heterocycles. The molecule has 4 nitrogen and oxygen atoms in total. The van der Waals surface area contributed by atoms with Crippen LogP contribution in [0, 0.1) is 0 Å². The molecule has 2 aromatic heterocycles. The number of carbonyl (C=O) groups is 1. The fourth-order valence-corrected chi connectivity index (χ4v) is 1.35. The first kappa shape index (κ1) is 10.3. The van der Waals surface area contributed by atoms with Crippen LogP contribution < -0.4 is 5.32 Å². The largest absolute Gasteiger partial charge is 0.365 e. The van der Waals surface area contributed by atoms with E-state index in [0.29, 0.717) is 17.9 Å². The van der Waals surface area contributed by atoms with E-state index in [1.54, 1.807) is 30.7 Å². The van der Waals surface area contributed by atoms with Crippen molar-refractivity contribution >= 4 is 12.1 Å². The average Bonchev–Trinajstić information content (AvgIpc) is 2.38. The number of nitrogens with one attached hydrogen (secondary N) is 1. The second kappa shape index (κ2) is 5.02. The van der Waals surface area contributed by atoms with E-state index >= 15 is 0 Å². The molecule has 0 spiro atoms. The maximum absolute atomic E-state index is 10.7. The Balaban J connectivity index is 2.08. The molecule has 80 valence electrons. The fourth-order valence-electron chi connectivity index (χ4n) is 1.35. The normalized spacial score (nSPS) is 9.75. The lowest BCUT2D eigenvalue weighted by atomic mass is 10.2. The molecule has 2 heterocycles. The van der Waals surface area contributed by atoms with Gasteiger partial charge in [0.05, 0.1) is 5.56 Å². The summed E-state index contributed by atoms with van der Waals surface area (Å²) in [7, 11) is 0. The second-order valence-electron chi connectivity index (χ2n) is 3.27. The summed E-state index contributed by atoms with van der Waals surface area (Å²) in [6.07, 6.45) is 5.91. The third-order valence-corrected chi connectivity index (χ3v) is 2.18. The van der Waals surface area contributed by atoms with Crippen LogP contribution in [0.15, 0.2) is 42.9 Å². The molecule has 0 amide bonds. The summed E-state index contributed by atoms with van der Waals surface area (Å²) in [5.74, 6) is 0.606. The summed E-state index contributed by atoms with van der Waals surface area (Å²) in [5.41, 5.74) is 1.66. The van der Waals surface area contributed by atoms with Crippen molar-refractivity contribution < 1.29 is 4.79 Å². The van der Waals surface area contributed by atoms with E-state index in [9.17, 15) is 4.79 Å². The van der Waals surface area contributed by atoms with Crippen LogP contribution in [0.1, 0.15) is 15.9 Å². The number of carbonyl (C=O) groups excluding carboxylic acids is 1. The van der Waals surface area contributed by atoms with E-state index < -0.39 is 0 Å². The number of aromatic nitrogens is 2. The van der Waals surface area contributed by atoms with Gasteiger partial charge in [-0.2, -0.15) is 0 Å². The number of hydrogen-bond acceptors (Lipinski definition) is 4. The van der Waals surface area contributed by atoms with Gasteiger partial charge in [0.2, 0.25) is 0 Å². The monoisotopic (exact) mass is 213 g/mol. The minimum Gasteiger partial charge on any atom is -0.365 e. The van der Waals surface area contributed by atoms with E-state index in [1.165, 1.54) is 0 Å². The van der Waals surface area contributed by atoms with Gasteiger partial charge in [-0.05, 0) is 29.8 Å². The first-order valence-corrected chi connectivity index (χ1v) is 4.93. The van der Waals surface area contributed by atoms with Gasteiger partial charge < -0.3 is 5.32 Å². The standard InChI is InChI=1S/C12H11N3O/c16-9-11-2-1-5-14-12(11)15-8-10-3-6-13-7-4-10/h1-7,9H,8H2,(H,14,15). The van der Waals surface area contributed by atoms with Gasteiger partial charge in [-0.3, -0.25) is 9.78 Å². The molecule has 0 saturated carbocycles. The van der Waals surface area contributed by atoms with Crippen LogP contribution in [-0.4, -0.2) is 16.3 Å². The molecule has 4 heteroatoms. The van der Waals surface area contributed by atoms with Crippen molar-refractivity contribution in [2.24, 2.45) is 0 Å². The van der Waals surface area contributed by atoms with Crippen molar-refractivity contribution in [2.75, 3.05) is 5.32 Å². The van der Waals surface area contributed by atoms with Crippen molar-refractivity contribution in [3.8, 4) is 0 Å². The van der Waals surface area contributed by atoms with Gasteiger partial charge in [0.25, 0.3) is 0 Å². The smallest absolute Gasteiger partial charge is 0.153 e. The summed E-state index contributed by atoms with van der Waals surface area (Å²) in [6, 6.07) is 7.29. The molecule has 0 aliphatic carbocycles. The third-order valence-electron chi connectivity index (χ3n) is 2.18. The zero-order valence-electron chi connectivity index (χ0n) is 8.63. The summed E-state index contributed by atoms with van der Waals surface area (Å²) < 4.78 is 0.